The van der Waals surface area contributed by atoms with Gasteiger partial charge in [-0.2, -0.15) is 0 Å². The molecule has 0 saturated carbocycles. The van der Waals surface area contributed by atoms with Gasteiger partial charge in [-0.05, 0) is 35.6 Å². The lowest BCUT2D eigenvalue weighted by molar-refractivity contribution is -0.141. The smallest absolute Gasteiger partial charge is 0.306 e. The molecule has 0 saturated heterocycles. The van der Waals surface area contributed by atoms with Crippen molar-refractivity contribution in [2.75, 3.05) is 0 Å². The molecule has 98 valence electrons. The van der Waals surface area contributed by atoms with Gasteiger partial charge in [0.1, 0.15) is 0 Å². The average Bonchev–Trinajstić information content (AvgIpc) is 2.41. The summed E-state index contributed by atoms with van der Waals surface area (Å²) in [6.45, 7) is 3.82. The highest BCUT2D eigenvalue weighted by Gasteiger charge is 2.12. The Morgan fingerprint density at radius 1 is 1.16 bits per heavy atom. The molecule has 0 aliphatic heterocycles. The molecule has 0 fully saturated rings. The van der Waals surface area contributed by atoms with Crippen LogP contribution < -0.4 is 0 Å². The normalized spacial score (nSPS) is 12.1. The topological polar surface area (TPSA) is 37.3 Å². The molecule has 0 aliphatic rings. The van der Waals surface area contributed by atoms with Crippen molar-refractivity contribution in [2.45, 2.75) is 20.3 Å². The monoisotopic (exact) mass is 254 g/mol. The fourth-order valence-electron chi connectivity index (χ4n) is 2.17. The second-order valence-electron chi connectivity index (χ2n) is 4.96. The third kappa shape index (κ3) is 3.22. The highest BCUT2D eigenvalue weighted by atomic mass is 16.4. The zero-order chi connectivity index (χ0) is 13.8. The molecule has 0 spiro atoms. The van der Waals surface area contributed by atoms with Gasteiger partial charge in [-0.1, -0.05) is 55.5 Å². The van der Waals surface area contributed by atoms with E-state index in [0.29, 0.717) is 6.42 Å². The van der Waals surface area contributed by atoms with Crippen LogP contribution in [-0.2, 0) is 11.2 Å². The summed E-state index contributed by atoms with van der Waals surface area (Å²) in [4.78, 5) is 10.9. The number of carboxylic acid groups (broad SMARTS) is 1. The van der Waals surface area contributed by atoms with E-state index in [1.165, 1.54) is 16.7 Å². The van der Waals surface area contributed by atoms with E-state index in [2.05, 4.69) is 31.2 Å². The molecule has 0 bridgehead atoms. The standard InChI is InChI=1S/C17H18O2/c1-12-8-9-14(10-13(2)17(18)19)11-16(12)15-6-4-3-5-7-15/h3-9,11,13H,10H2,1-2H3,(H,18,19). The lowest BCUT2D eigenvalue weighted by atomic mass is 9.94. The molecule has 0 heterocycles. The molecule has 1 unspecified atom stereocenters. The number of carbonyl (C=O) groups is 1. The number of rotatable bonds is 4. The first kappa shape index (κ1) is 13.3. The number of hydrogen-bond donors (Lipinski definition) is 1. The van der Waals surface area contributed by atoms with Crippen LogP contribution in [-0.4, -0.2) is 11.1 Å². The molecular formula is C17H18O2. The fraction of sp³-hybridized carbons (Fsp3) is 0.235. The summed E-state index contributed by atoms with van der Waals surface area (Å²) in [6.07, 6.45) is 0.565. The van der Waals surface area contributed by atoms with Gasteiger partial charge in [0.25, 0.3) is 0 Å². The zero-order valence-electron chi connectivity index (χ0n) is 11.3. The molecule has 2 aromatic carbocycles. The van der Waals surface area contributed by atoms with Crippen LogP contribution in [0.25, 0.3) is 11.1 Å². The SMILES string of the molecule is Cc1ccc(CC(C)C(=O)O)cc1-c1ccccc1. The number of aryl methyl sites for hydroxylation is 1. The van der Waals surface area contributed by atoms with Crippen LogP contribution >= 0.6 is 0 Å². The van der Waals surface area contributed by atoms with Crippen molar-refractivity contribution in [1.29, 1.82) is 0 Å². The second kappa shape index (κ2) is 5.70. The second-order valence-corrected chi connectivity index (χ2v) is 4.96. The maximum absolute atomic E-state index is 10.9. The minimum absolute atomic E-state index is 0.355. The van der Waals surface area contributed by atoms with Crippen LogP contribution in [0.1, 0.15) is 18.1 Å². The van der Waals surface area contributed by atoms with Gasteiger partial charge in [-0.25, -0.2) is 0 Å². The van der Waals surface area contributed by atoms with Crippen molar-refractivity contribution in [2.24, 2.45) is 5.92 Å². The van der Waals surface area contributed by atoms with E-state index < -0.39 is 5.97 Å². The summed E-state index contributed by atoms with van der Waals surface area (Å²) >= 11 is 0. The molecule has 2 rings (SSSR count). The van der Waals surface area contributed by atoms with E-state index >= 15 is 0 Å². The molecule has 1 atom stereocenters. The van der Waals surface area contributed by atoms with E-state index in [-0.39, 0.29) is 5.92 Å². The highest BCUT2D eigenvalue weighted by Crippen LogP contribution is 2.25. The van der Waals surface area contributed by atoms with E-state index in [9.17, 15) is 4.79 Å². The zero-order valence-corrected chi connectivity index (χ0v) is 11.3. The largest absolute Gasteiger partial charge is 0.481 e. The molecule has 2 heteroatoms. The van der Waals surface area contributed by atoms with Gasteiger partial charge in [0.15, 0.2) is 0 Å². The molecule has 0 amide bonds. The maximum atomic E-state index is 10.9. The van der Waals surface area contributed by atoms with Gasteiger partial charge in [-0.15, -0.1) is 0 Å². The van der Waals surface area contributed by atoms with Crippen LogP contribution in [0.15, 0.2) is 48.5 Å². The van der Waals surface area contributed by atoms with Gasteiger partial charge in [-0.3, -0.25) is 4.79 Å². The van der Waals surface area contributed by atoms with E-state index in [0.717, 1.165) is 5.56 Å². The Bertz CT molecular complexity index is 573. The average molecular weight is 254 g/mol. The van der Waals surface area contributed by atoms with E-state index in [4.69, 9.17) is 5.11 Å². The molecule has 0 radical (unpaired) electrons. The van der Waals surface area contributed by atoms with Crippen LogP contribution in [0.2, 0.25) is 0 Å². The molecule has 0 aromatic heterocycles. The molecule has 19 heavy (non-hydrogen) atoms. The summed E-state index contributed by atoms with van der Waals surface area (Å²) in [5.74, 6) is -1.10. The summed E-state index contributed by atoms with van der Waals surface area (Å²) in [5, 5.41) is 8.98. The van der Waals surface area contributed by atoms with E-state index in [1.54, 1.807) is 6.92 Å². The molecule has 2 nitrogen and oxygen atoms in total. The van der Waals surface area contributed by atoms with Crippen LogP contribution in [0.4, 0.5) is 0 Å². The molecule has 0 aliphatic carbocycles. The first-order chi connectivity index (χ1) is 9.08. The number of carboxylic acids is 1. The lowest BCUT2D eigenvalue weighted by Gasteiger charge is -2.11. The Kier molecular flexibility index (Phi) is 4.00. The number of hydrogen-bond acceptors (Lipinski definition) is 1. The minimum atomic E-state index is -0.748. The van der Waals surface area contributed by atoms with Crippen LogP contribution in [0, 0.1) is 12.8 Å². The molecule has 2 aromatic rings. The Balaban J connectivity index is 2.33. The van der Waals surface area contributed by atoms with Crippen LogP contribution in [0.5, 0.6) is 0 Å². The summed E-state index contributed by atoms with van der Waals surface area (Å²) in [7, 11) is 0. The van der Waals surface area contributed by atoms with Crippen molar-refractivity contribution in [3.63, 3.8) is 0 Å². The van der Waals surface area contributed by atoms with Gasteiger partial charge >= 0.3 is 5.97 Å². The van der Waals surface area contributed by atoms with Gasteiger partial charge < -0.3 is 5.11 Å². The lowest BCUT2D eigenvalue weighted by Crippen LogP contribution is -2.12. The minimum Gasteiger partial charge on any atom is -0.481 e. The fourth-order valence-corrected chi connectivity index (χ4v) is 2.17. The number of benzene rings is 2. The van der Waals surface area contributed by atoms with Gasteiger partial charge in [0, 0.05) is 0 Å². The Morgan fingerprint density at radius 2 is 1.84 bits per heavy atom. The maximum Gasteiger partial charge on any atom is 0.306 e. The summed E-state index contributed by atoms with van der Waals surface area (Å²) < 4.78 is 0. The predicted octanol–water partition coefficient (Wildman–Crippen LogP) is 3.93. The first-order valence-electron chi connectivity index (χ1n) is 6.45. The van der Waals surface area contributed by atoms with Crippen molar-refractivity contribution in [1.82, 2.24) is 0 Å². The Hall–Kier alpha value is -2.09. The third-order valence-corrected chi connectivity index (χ3v) is 3.35. The first-order valence-corrected chi connectivity index (χ1v) is 6.45. The van der Waals surface area contributed by atoms with Crippen molar-refractivity contribution >= 4 is 5.97 Å². The Morgan fingerprint density at radius 3 is 2.47 bits per heavy atom. The Labute approximate surface area is 113 Å². The predicted molar refractivity (Wildman–Crippen MR) is 77.1 cm³/mol. The van der Waals surface area contributed by atoms with Crippen molar-refractivity contribution < 1.29 is 9.90 Å². The van der Waals surface area contributed by atoms with E-state index in [1.807, 2.05) is 24.3 Å². The van der Waals surface area contributed by atoms with Crippen molar-refractivity contribution in [3.05, 3.63) is 59.7 Å². The summed E-state index contributed by atoms with van der Waals surface area (Å²) in [5.41, 5.74) is 4.62. The molecule has 1 N–H and O–H groups in total. The molecular weight excluding hydrogens is 236 g/mol. The highest BCUT2D eigenvalue weighted by molar-refractivity contribution is 5.71. The summed E-state index contributed by atoms with van der Waals surface area (Å²) in [6, 6.07) is 16.4. The van der Waals surface area contributed by atoms with Crippen LogP contribution in [0.3, 0.4) is 0 Å². The van der Waals surface area contributed by atoms with Gasteiger partial charge in [0.05, 0.1) is 5.92 Å². The number of aliphatic carboxylic acids is 1. The third-order valence-electron chi connectivity index (χ3n) is 3.35. The van der Waals surface area contributed by atoms with Gasteiger partial charge in [0.2, 0.25) is 0 Å². The van der Waals surface area contributed by atoms with Crippen molar-refractivity contribution in [3.8, 4) is 11.1 Å². The quantitative estimate of drug-likeness (QED) is 0.897.